The van der Waals surface area contributed by atoms with Crippen molar-refractivity contribution >= 4 is 39.2 Å². The summed E-state index contributed by atoms with van der Waals surface area (Å²) in [7, 11) is 0. The summed E-state index contributed by atoms with van der Waals surface area (Å²) in [6.07, 6.45) is 2.33. The molecular weight excluding hydrogens is 410 g/mol. The zero-order chi connectivity index (χ0) is 19.4. The Morgan fingerprint density at radius 3 is 2.67 bits per heavy atom. The molecule has 1 aliphatic rings. The Hall–Kier alpha value is -2.29. The van der Waals surface area contributed by atoms with Gasteiger partial charge in [-0.15, -0.1) is 0 Å². The Morgan fingerprint density at radius 1 is 1.19 bits per heavy atom. The number of nitrogens with zero attached hydrogens (tertiary/aromatic N) is 1. The van der Waals surface area contributed by atoms with E-state index in [9.17, 15) is 9.59 Å². The van der Waals surface area contributed by atoms with Crippen molar-refractivity contribution in [2.75, 3.05) is 10.6 Å². The van der Waals surface area contributed by atoms with Gasteiger partial charge in [0.15, 0.2) is 0 Å². The number of nitrogens with one attached hydrogen (secondary N) is 4. The van der Waals surface area contributed by atoms with Gasteiger partial charge in [0.1, 0.15) is 11.9 Å². The number of amides is 2. The zero-order valence-electron chi connectivity index (χ0n) is 15.1. The number of rotatable bonds is 5. The molecule has 1 aliphatic heterocycles. The fourth-order valence-corrected chi connectivity index (χ4v) is 3.03. The maximum atomic E-state index is 12.5. The van der Waals surface area contributed by atoms with E-state index >= 15 is 0 Å². The maximum Gasteiger partial charge on any atom is 0.256 e. The number of hydrogen-bond donors (Lipinski definition) is 4. The highest BCUT2D eigenvalue weighted by atomic mass is 79.9. The van der Waals surface area contributed by atoms with E-state index in [-0.39, 0.29) is 23.9 Å². The van der Waals surface area contributed by atoms with E-state index in [4.69, 9.17) is 0 Å². The van der Waals surface area contributed by atoms with Crippen LogP contribution in [0, 0.1) is 5.92 Å². The normalized spacial score (nSPS) is 19.1. The third kappa shape index (κ3) is 5.12. The summed E-state index contributed by atoms with van der Waals surface area (Å²) < 4.78 is 0.833. The molecule has 1 fully saturated rings. The Labute approximate surface area is 166 Å². The average Bonchev–Trinajstić information content (AvgIpc) is 3.14. The molecule has 1 aromatic heterocycles. The summed E-state index contributed by atoms with van der Waals surface area (Å²) >= 11 is 3.30. The van der Waals surface area contributed by atoms with Gasteiger partial charge in [-0.3, -0.25) is 15.0 Å². The monoisotopic (exact) mass is 431 g/mol. The molecule has 0 spiro atoms. The number of halogens is 1. The van der Waals surface area contributed by atoms with Gasteiger partial charge in [0, 0.05) is 28.0 Å². The molecule has 8 heteroatoms. The molecule has 2 amide bonds. The lowest BCUT2D eigenvalue weighted by atomic mass is 9.99. The Morgan fingerprint density at radius 2 is 2.00 bits per heavy atom. The molecule has 1 aromatic carbocycles. The van der Waals surface area contributed by atoms with Gasteiger partial charge in [-0.1, -0.05) is 19.9 Å². The van der Waals surface area contributed by atoms with Crippen molar-refractivity contribution < 1.29 is 9.59 Å². The predicted octanol–water partition coefficient (Wildman–Crippen LogP) is 2.93. The topological polar surface area (TPSA) is 95.2 Å². The molecule has 1 saturated heterocycles. The summed E-state index contributed by atoms with van der Waals surface area (Å²) in [6, 6.07) is 10.3. The fourth-order valence-electron chi connectivity index (χ4n) is 2.80. The number of pyridine rings is 1. The highest BCUT2D eigenvalue weighted by Crippen LogP contribution is 2.17. The van der Waals surface area contributed by atoms with Gasteiger partial charge in [0.05, 0.1) is 0 Å². The second-order valence-corrected chi connectivity index (χ2v) is 7.73. The maximum absolute atomic E-state index is 12.5. The molecule has 27 heavy (non-hydrogen) atoms. The fraction of sp³-hybridized carbons (Fsp3) is 0.316. The van der Waals surface area contributed by atoms with Crippen LogP contribution >= 0.6 is 15.9 Å². The smallest absolute Gasteiger partial charge is 0.256 e. The predicted molar refractivity (Wildman–Crippen MR) is 108 cm³/mol. The van der Waals surface area contributed by atoms with Crippen LogP contribution < -0.4 is 21.5 Å². The van der Waals surface area contributed by atoms with E-state index in [1.54, 1.807) is 42.6 Å². The lowest BCUT2D eigenvalue weighted by molar-refractivity contribution is -0.117. The first-order valence-electron chi connectivity index (χ1n) is 8.77. The molecule has 0 bridgehead atoms. The molecule has 0 radical (unpaired) electrons. The van der Waals surface area contributed by atoms with Crippen molar-refractivity contribution in [2.45, 2.75) is 32.4 Å². The highest BCUT2D eigenvalue weighted by molar-refractivity contribution is 9.10. The molecular formula is C19H22BrN5O2. The van der Waals surface area contributed by atoms with Crippen molar-refractivity contribution in [1.82, 2.24) is 15.8 Å². The van der Waals surface area contributed by atoms with Crippen LogP contribution in [-0.4, -0.2) is 28.9 Å². The summed E-state index contributed by atoms with van der Waals surface area (Å²) in [5.74, 6) is 0.479. The summed E-state index contributed by atoms with van der Waals surface area (Å²) in [5.41, 5.74) is 7.19. The van der Waals surface area contributed by atoms with E-state index in [1.165, 1.54) is 0 Å². The average molecular weight is 432 g/mol. The number of carbonyl (C=O) groups is 2. The molecule has 0 saturated carbocycles. The molecule has 3 rings (SSSR count). The molecule has 4 N–H and O–H groups in total. The largest absolute Gasteiger partial charge is 0.325 e. The molecule has 0 aliphatic carbocycles. The van der Waals surface area contributed by atoms with Crippen molar-refractivity contribution in [3.63, 3.8) is 0 Å². The van der Waals surface area contributed by atoms with Crippen LogP contribution in [-0.2, 0) is 4.79 Å². The number of hydrogen-bond acceptors (Lipinski definition) is 5. The first-order chi connectivity index (χ1) is 12.9. The minimum atomic E-state index is -0.304. The van der Waals surface area contributed by atoms with Crippen LogP contribution in [0.5, 0.6) is 0 Å². The standard InChI is InChI=1S/C19H22BrN5O2/c1-11(2)15-9-16(25-24-15)19(27)22-14-5-3-4-12(8-14)18(26)23-17-7-6-13(20)10-21-17/h3-8,10-11,15-16,24-25H,9H2,1-2H3,(H,22,27)(H,21,23,26). The van der Waals surface area contributed by atoms with Crippen molar-refractivity contribution in [2.24, 2.45) is 5.92 Å². The molecule has 142 valence electrons. The third-order valence-electron chi connectivity index (χ3n) is 4.42. The molecule has 7 nitrogen and oxygen atoms in total. The minimum Gasteiger partial charge on any atom is -0.325 e. The molecule has 2 unspecified atom stereocenters. The third-order valence-corrected chi connectivity index (χ3v) is 4.88. The summed E-state index contributed by atoms with van der Waals surface area (Å²) in [6.45, 7) is 4.23. The van der Waals surface area contributed by atoms with E-state index in [0.717, 1.165) is 10.9 Å². The quantitative estimate of drug-likeness (QED) is 0.583. The molecule has 2 heterocycles. The number of anilines is 2. The second kappa shape index (κ2) is 8.60. The van der Waals surface area contributed by atoms with Crippen molar-refractivity contribution in [3.05, 3.63) is 52.6 Å². The van der Waals surface area contributed by atoms with E-state index < -0.39 is 0 Å². The van der Waals surface area contributed by atoms with Gasteiger partial charge in [-0.05, 0) is 58.6 Å². The highest BCUT2D eigenvalue weighted by Gasteiger charge is 2.30. The van der Waals surface area contributed by atoms with Gasteiger partial charge in [-0.2, -0.15) is 0 Å². The SMILES string of the molecule is CC(C)C1CC(C(=O)Nc2cccc(C(=O)Nc3ccc(Br)cn3)c2)NN1. The van der Waals surface area contributed by atoms with Gasteiger partial charge in [0.2, 0.25) is 5.91 Å². The van der Waals surface area contributed by atoms with Crippen LogP contribution in [0.1, 0.15) is 30.6 Å². The van der Waals surface area contributed by atoms with Crippen LogP contribution in [0.15, 0.2) is 47.1 Å². The Bertz CT molecular complexity index is 825. The van der Waals surface area contributed by atoms with E-state index in [0.29, 0.717) is 23.0 Å². The Balaban J connectivity index is 1.62. The zero-order valence-corrected chi connectivity index (χ0v) is 16.7. The number of carbonyl (C=O) groups excluding carboxylic acids is 2. The van der Waals surface area contributed by atoms with Gasteiger partial charge < -0.3 is 10.6 Å². The van der Waals surface area contributed by atoms with E-state index in [1.807, 2.05) is 0 Å². The van der Waals surface area contributed by atoms with Crippen molar-refractivity contribution in [3.8, 4) is 0 Å². The number of benzene rings is 1. The second-order valence-electron chi connectivity index (χ2n) is 6.81. The molecule has 2 atom stereocenters. The van der Waals surface area contributed by atoms with Crippen LogP contribution in [0.3, 0.4) is 0 Å². The molecule has 2 aromatic rings. The summed E-state index contributed by atoms with van der Waals surface area (Å²) in [5, 5.41) is 5.60. The van der Waals surface area contributed by atoms with Crippen molar-refractivity contribution in [1.29, 1.82) is 0 Å². The lowest BCUT2D eigenvalue weighted by Gasteiger charge is -2.13. The number of aromatic nitrogens is 1. The first-order valence-corrected chi connectivity index (χ1v) is 9.56. The Kier molecular flexibility index (Phi) is 6.20. The van der Waals surface area contributed by atoms with Gasteiger partial charge in [0.25, 0.3) is 5.91 Å². The van der Waals surface area contributed by atoms with Crippen LogP contribution in [0.4, 0.5) is 11.5 Å². The first kappa shape index (κ1) is 19.5. The van der Waals surface area contributed by atoms with Crippen LogP contribution in [0.2, 0.25) is 0 Å². The lowest BCUT2D eigenvalue weighted by Crippen LogP contribution is -2.40. The van der Waals surface area contributed by atoms with E-state index in [2.05, 4.69) is 56.2 Å². The van der Waals surface area contributed by atoms with Crippen LogP contribution in [0.25, 0.3) is 0 Å². The minimum absolute atomic E-state index is 0.127. The van der Waals surface area contributed by atoms with Gasteiger partial charge >= 0.3 is 0 Å². The summed E-state index contributed by atoms with van der Waals surface area (Å²) in [4.78, 5) is 29.0. The number of hydrazine groups is 1. The van der Waals surface area contributed by atoms with Gasteiger partial charge in [-0.25, -0.2) is 10.4 Å².